The zero-order chi connectivity index (χ0) is 13.2. The lowest BCUT2D eigenvalue weighted by molar-refractivity contribution is 0.241. The molecule has 100 valence electrons. The van der Waals surface area contributed by atoms with Gasteiger partial charge in [-0.2, -0.15) is 0 Å². The van der Waals surface area contributed by atoms with Crippen LogP contribution in [0.25, 0.3) is 10.9 Å². The summed E-state index contributed by atoms with van der Waals surface area (Å²) in [6.45, 7) is 5.57. The van der Waals surface area contributed by atoms with Crippen LogP contribution in [0.15, 0.2) is 36.5 Å². The lowest BCUT2D eigenvalue weighted by atomic mass is 9.70. The highest BCUT2D eigenvalue weighted by Crippen LogP contribution is 2.42. The lowest BCUT2D eigenvalue weighted by Gasteiger charge is -2.38. The summed E-state index contributed by atoms with van der Waals surface area (Å²) in [7, 11) is 0. The Balaban J connectivity index is 1.76. The molecular formula is C17H22N2. The van der Waals surface area contributed by atoms with Gasteiger partial charge in [0, 0.05) is 17.6 Å². The van der Waals surface area contributed by atoms with Gasteiger partial charge in [0.1, 0.15) is 0 Å². The minimum absolute atomic E-state index is 0.583. The average Bonchev–Trinajstić information content (AvgIpc) is 2.37. The van der Waals surface area contributed by atoms with Crippen LogP contribution in [-0.4, -0.2) is 17.6 Å². The number of nitrogens with one attached hydrogen (secondary N) is 1. The van der Waals surface area contributed by atoms with Crippen LogP contribution in [-0.2, 0) is 0 Å². The fraction of sp³-hybridized carbons (Fsp3) is 0.471. The van der Waals surface area contributed by atoms with Gasteiger partial charge in [0.2, 0.25) is 0 Å². The number of rotatable bonds is 4. The van der Waals surface area contributed by atoms with E-state index >= 15 is 0 Å². The van der Waals surface area contributed by atoms with Crippen LogP contribution < -0.4 is 5.32 Å². The molecule has 1 fully saturated rings. The third kappa shape index (κ3) is 2.64. The van der Waals surface area contributed by atoms with Crippen LogP contribution >= 0.6 is 0 Å². The molecule has 0 spiro atoms. The molecule has 0 amide bonds. The highest BCUT2D eigenvalue weighted by molar-refractivity contribution is 5.79. The van der Waals surface area contributed by atoms with E-state index in [9.17, 15) is 0 Å². The first-order valence-corrected chi connectivity index (χ1v) is 7.32. The second-order valence-electron chi connectivity index (χ2n) is 5.96. The molecular weight excluding hydrogens is 232 g/mol. The van der Waals surface area contributed by atoms with Gasteiger partial charge in [0.25, 0.3) is 0 Å². The smallest absolute Gasteiger partial charge is 0.0704 e. The quantitative estimate of drug-likeness (QED) is 0.899. The van der Waals surface area contributed by atoms with Gasteiger partial charge in [-0.15, -0.1) is 0 Å². The number of aromatic nitrogens is 1. The maximum absolute atomic E-state index is 4.47. The number of hydrogen-bond donors (Lipinski definition) is 1. The van der Waals surface area contributed by atoms with E-state index in [1.165, 1.54) is 23.8 Å². The van der Waals surface area contributed by atoms with E-state index in [1.807, 2.05) is 12.3 Å². The van der Waals surface area contributed by atoms with Crippen molar-refractivity contribution in [1.29, 1.82) is 0 Å². The van der Waals surface area contributed by atoms with Crippen LogP contribution in [0.4, 0.5) is 0 Å². The van der Waals surface area contributed by atoms with Gasteiger partial charge in [-0.25, -0.2) is 0 Å². The van der Waals surface area contributed by atoms with Crippen LogP contribution in [0.1, 0.15) is 38.2 Å². The van der Waals surface area contributed by atoms with Gasteiger partial charge in [0.15, 0.2) is 0 Å². The average molecular weight is 254 g/mol. The fourth-order valence-electron chi connectivity index (χ4n) is 2.95. The Morgan fingerprint density at radius 1 is 1.26 bits per heavy atom. The Morgan fingerprint density at radius 2 is 2.16 bits per heavy atom. The minimum atomic E-state index is 0.583. The first-order chi connectivity index (χ1) is 9.24. The van der Waals surface area contributed by atoms with E-state index in [2.05, 4.69) is 48.4 Å². The van der Waals surface area contributed by atoms with Crippen molar-refractivity contribution in [3.05, 3.63) is 42.1 Å². The zero-order valence-corrected chi connectivity index (χ0v) is 11.8. The molecule has 2 aromatic rings. The molecule has 1 aromatic heterocycles. The van der Waals surface area contributed by atoms with Crippen molar-refractivity contribution in [2.75, 3.05) is 6.54 Å². The molecule has 3 rings (SSSR count). The molecule has 1 aliphatic rings. The summed E-state index contributed by atoms with van der Waals surface area (Å²) >= 11 is 0. The van der Waals surface area contributed by atoms with Crippen LogP contribution in [0.2, 0.25) is 0 Å². The molecule has 2 nitrogen and oxygen atoms in total. The van der Waals surface area contributed by atoms with E-state index in [0.717, 1.165) is 23.9 Å². The third-order valence-corrected chi connectivity index (χ3v) is 4.26. The van der Waals surface area contributed by atoms with Crippen molar-refractivity contribution in [3.63, 3.8) is 0 Å². The topological polar surface area (TPSA) is 24.9 Å². The molecule has 2 unspecified atom stereocenters. The Kier molecular flexibility index (Phi) is 3.52. The van der Waals surface area contributed by atoms with Gasteiger partial charge in [0.05, 0.1) is 5.52 Å². The Morgan fingerprint density at radius 3 is 2.89 bits per heavy atom. The third-order valence-electron chi connectivity index (χ3n) is 4.26. The standard InChI is InChI=1S/C17H22N2/c1-12(2)19-11-15-7-8-16(15)14-6-5-13-4-3-9-18-17(13)10-14/h3-6,9-10,12,15-16,19H,7-8,11H2,1-2H3. The molecule has 0 bridgehead atoms. The summed E-state index contributed by atoms with van der Waals surface area (Å²) in [6, 6.07) is 11.5. The number of pyridine rings is 1. The number of nitrogens with zero attached hydrogens (tertiary/aromatic N) is 1. The summed E-state index contributed by atoms with van der Waals surface area (Å²) < 4.78 is 0. The first kappa shape index (κ1) is 12.6. The fourth-order valence-corrected chi connectivity index (χ4v) is 2.95. The number of benzene rings is 1. The van der Waals surface area contributed by atoms with E-state index in [-0.39, 0.29) is 0 Å². The molecule has 1 N–H and O–H groups in total. The van der Waals surface area contributed by atoms with Crippen LogP contribution in [0.5, 0.6) is 0 Å². The summed E-state index contributed by atoms with van der Waals surface area (Å²) in [6.07, 6.45) is 4.55. The second-order valence-corrected chi connectivity index (χ2v) is 5.96. The minimum Gasteiger partial charge on any atom is -0.314 e. The molecule has 1 aromatic carbocycles. The van der Waals surface area contributed by atoms with Gasteiger partial charge in [-0.3, -0.25) is 4.98 Å². The van der Waals surface area contributed by atoms with Crippen molar-refractivity contribution >= 4 is 10.9 Å². The summed E-state index contributed by atoms with van der Waals surface area (Å²) in [5, 5.41) is 4.81. The van der Waals surface area contributed by atoms with Gasteiger partial charge in [-0.05, 0) is 48.9 Å². The molecule has 0 radical (unpaired) electrons. The van der Waals surface area contributed by atoms with Crippen LogP contribution in [0, 0.1) is 5.92 Å². The van der Waals surface area contributed by atoms with Crippen molar-refractivity contribution in [1.82, 2.24) is 10.3 Å². The SMILES string of the molecule is CC(C)NCC1CCC1c1ccc2cccnc2c1. The molecule has 1 heterocycles. The van der Waals surface area contributed by atoms with Crippen molar-refractivity contribution in [2.24, 2.45) is 5.92 Å². The second kappa shape index (κ2) is 5.30. The molecule has 2 atom stereocenters. The van der Waals surface area contributed by atoms with E-state index in [1.54, 1.807) is 0 Å². The van der Waals surface area contributed by atoms with Gasteiger partial charge >= 0.3 is 0 Å². The first-order valence-electron chi connectivity index (χ1n) is 7.32. The lowest BCUT2D eigenvalue weighted by Crippen LogP contribution is -2.36. The van der Waals surface area contributed by atoms with Crippen LogP contribution in [0.3, 0.4) is 0 Å². The van der Waals surface area contributed by atoms with Gasteiger partial charge in [-0.1, -0.05) is 32.0 Å². The molecule has 19 heavy (non-hydrogen) atoms. The largest absolute Gasteiger partial charge is 0.314 e. The monoisotopic (exact) mass is 254 g/mol. The molecule has 1 aliphatic carbocycles. The van der Waals surface area contributed by atoms with Crippen molar-refractivity contribution < 1.29 is 0 Å². The predicted octanol–water partition coefficient (Wildman–Crippen LogP) is 3.73. The number of fused-ring (bicyclic) bond motifs is 1. The highest BCUT2D eigenvalue weighted by atomic mass is 14.9. The Bertz CT molecular complexity index is 562. The Labute approximate surface area is 115 Å². The normalized spacial score (nSPS) is 22.7. The van der Waals surface area contributed by atoms with Crippen molar-refractivity contribution in [2.45, 2.75) is 38.6 Å². The zero-order valence-electron chi connectivity index (χ0n) is 11.8. The molecule has 2 heteroatoms. The summed E-state index contributed by atoms with van der Waals surface area (Å²) in [4.78, 5) is 4.47. The Hall–Kier alpha value is -1.41. The maximum atomic E-state index is 4.47. The van der Waals surface area contributed by atoms with E-state index < -0.39 is 0 Å². The maximum Gasteiger partial charge on any atom is 0.0704 e. The highest BCUT2D eigenvalue weighted by Gasteiger charge is 2.31. The molecule has 0 saturated heterocycles. The molecule has 0 aliphatic heterocycles. The predicted molar refractivity (Wildman–Crippen MR) is 80.3 cm³/mol. The summed E-state index contributed by atoms with van der Waals surface area (Å²) in [5.74, 6) is 1.52. The van der Waals surface area contributed by atoms with E-state index in [0.29, 0.717) is 6.04 Å². The van der Waals surface area contributed by atoms with E-state index in [4.69, 9.17) is 0 Å². The van der Waals surface area contributed by atoms with Crippen molar-refractivity contribution in [3.8, 4) is 0 Å². The van der Waals surface area contributed by atoms with Gasteiger partial charge < -0.3 is 5.32 Å². The number of hydrogen-bond acceptors (Lipinski definition) is 2. The summed E-state index contributed by atoms with van der Waals surface area (Å²) in [5.41, 5.74) is 2.59. The molecule has 1 saturated carbocycles.